The summed E-state index contributed by atoms with van der Waals surface area (Å²) in [7, 11) is 9.06. The van der Waals surface area contributed by atoms with Crippen molar-refractivity contribution in [1.29, 1.82) is 0 Å². The summed E-state index contributed by atoms with van der Waals surface area (Å²) in [6.07, 6.45) is 28.0. The monoisotopic (exact) mass is 899 g/mol. The molecule has 0 N–H and O–H groups in total. The molecule has 2 aliphatic heterocycles. The van der Waals surface area contributed by atoms with Gasteiger partial charge in [0.25, 0.3) is 23.6 Å². The Bertz CT molecular complexity index is 2190. The van der Waals surface area contributed by atoms with Crippen molar-refractivity contribution in [3.63, 3.8) is 0 Å². The minimum absolute atomic E-state index is 0.232. The van der Waals surface area contributed by atoms with Crippen LogP contribution >= 0.6 is 0 Å². The van der Waals surface area contributed by atoms with E-state index in [-0.39, 0.29) is 23.6 Å². The second-order valence-corrected chi connectivity index (χ2v) is 21.5. The fourth-order valence-electron chi connectivity index (χ4n) is 11.4. The lowest BCUT2D eigenvalue weighted by atomic mass is 9.82. The molecule has 8 heteroatoms. The first-order chi connectivity index (χ1) is 31.9. The quantitative estimate of drug-likeness (QED) is 0.0151. The predicted octanol–water partition coefficient (Wildman–Crippen LogP) is 13.7. The molecule has 4 amide bonds. The van der Waals surface area contributed by atoms with Gasteiger partial charge in [-0.3, -0.25) is 29.0 Å². The molecular weight excluding hydrogens is 817 g/mol. The molecule has 8 nitrogen and oxygen atoms in total. The molecule has 0 saturated heterocycles. The lowest BCUT2D eigenvalue weighted by Crippen LogP contribution is -2.45. The second-order valence-electron chi connectivity index (χ2n) is 21.5. The first-order valence-electron chi connectivity index (χ1n) is 26.5. The maximum Gasteiger partial charge on any atom is 0.261 e. The lowest BCUT2D eigenvalue weighted by Gasteiger charge is -2.33. The normalized spacial score (nSPS) is 14.5. The maximum absolute atomic E-state index is 14.2. The van der Waals surface area contributed by atoms with Crippen LogP contribution in [0.1, 0.15) is 197 Å². The number of carbonyl (C=O) groups excluding carboxylic acids is 4. The molecule has 2 aliphatic rings. The van der Waals surface area contributed by atoms with Crippen LogP contribution in [0.5, 0.6) is 0 Å². The highest BCUT2D eigenvalue weighted by atomic mass is 16.2. The summed E-state index contributed by atoms with van der Waals surface area (Å²) >= 11 is 0. The molecule has 0 saturated carbocycles. The Morgan fingerprint density at radius 2 is 0.561 bits per heavy atom. The summed E-state index contributed by atoms with van der Waals surface area (Å²) in [5.74, 6) is -0.928. The molecule has 356 valence electrons. The van der Waals surface area contributed by atoms with Crippen molar-refractivity contribution in [1.82, 2.24) is 9.80 Å². The summed E-state index contributed by atoms with van der Waals surface area (Å²) in [6.45, 7) is 9.33. The molecular formula is C58H82N4O4+2. The zero-order valence-electron chi connectivity index (χ0n) is 41.8. The van der Waals surface area contributed by atoms with Crippen molar-refractivity contribution in [3.8, 4) is 0 Å². The Labute approximate surface area is 396 Å². The number of nitrogens with zero attached hydrogens (tertiary/aromatic N) is 4. The summed E-state index contributed by atoms with van der Waals surface area (Å²) in [5.41, 5.74) is 2.24. The number of quaternary nitrogens is 2. The van der Waals surface area contributed by atoms with Gasteiger partial charge in [0.1, 0.15) is 0 Å². The molecule has 7 rings (SSSR count). The zero-order valence-corrected chi connectivity index (χ0v) is 41.8. The smallest absolute Gasteiger partial charge is 0.261 e. The van der Waals surface area contributed by atoms with Crippen LogP contribution in [0.2, 0.25) is 0 Å². The Kier molecular flexibility index (Phi) is 16.9. The van der Waals surface area contributed by atoms with Gasteiger partial charge in [0, 0.05) is 59.0 Å². The number of carbonyl (C=O) groups is 4. The van der Waals surface area contributed by atoms with Gasteiger partial charge >= 0.3 is 0 Å². The minimum atomic E-state index is -0.232. The number of unbranched alkanes of at least 4 members (excludes halogenated alkanes) is 18. The predicted molar refractivity (Wildman–Crippen MR) is 275 cm³/mol. The van der Waals surface area contributed by atoms with Crippen LogP contribution < -0.4 is 0 Å². The van der Waals surface area contributed by atoms with Crippen molar-refractivity contribution < 1.29 is 28.1 Å². The van der Waals surface area contributed by atoms with Crippen LogP contribution in [0, 0.1) is 0 Å². The number of fused-ring (bicyclic) bond motifs is 2. The molecule has 0 radical (unpaired) electrons. The van der Waals surface area contributed by atoms with Crippen LogP contribution in [0.25, 0.3) is 43.1 Å². The van der Waals surface area contributed by atoms with Gasteiger partial charge in [0.15, 0.2) is 0 Å². The van der Waals surface area contributed by atoms with Crippen molar-refractivity contribution >= 4 is 66.7 Å². The van der Waals surface area contributed by atoms with E-state index in [2.05, 4.69) is 42.0 Å². The van der Waals surface area contributed by atoms with Gasteiger partial charge in [-0.15, -0.1) is 0 Å². The molecule has 0 aliphatic carbocycles. The van der Waals surface area contributed by atoms with Crippen LogP contribution in [0.3, 0.4) is 0 Å². The molecule has 0 atom stereocenters. The van der Waals surface area contributed by atoms with Crippen molar-refractivity contribution in [2.24, 2.45) is 0 Å². The van der Waals surface area contributed by atoms with Gasteiger partial charge in [-0.1, -0.05) is 141 Å². The second kappa shape index (κ2) is 22.6. The minimum Gasteiger partial charge on any atom is -0.328 e. The SMILES string of the molecule is CCCCCCCCCCCC[N+](C)(C)CCCN1C(=O)c2ccc3c4ccc5c6c(ccc(c7ccc(c2c37)C1=O)c64)C(=O)N(CCC[N+](C)(C)CCCCCCCCCCCC)C5=O. The Morgan fingerprint density at radius 3 is 0.833 bits per heavy atom. The van der Waals surface area contributed by atoms with Crippen molar-refractivity contribution in [2.75, 3.05) is 67.5 Å². The fraction of sp³-hybridized carbons (Fsp3) is 0.586. The zero-order chi connectivity index (χ0) is 46.8. The van der Waals surface area contributed by atoms with E-state index < -0.39 is 0 Å². The summed E-state index contributed by atoms with van der Waals surface area (Å²) in [5, 5.41) is 6.89. The van der Waals surface area contributed by atoms with E-state index in [4.69, 9.17) is 0 Å². The van der Waals surface area contributed by atoms with Crippen molar-refractivity contribution in [2.45, 2.75) is 155 Å². The third-order valence-corrected chi connectivity index (χ3v) is 15.3. The van der Waals surface area contributed by atoms with Crippen LogP contribution in [0.15, 0.2) is 48.5 Å². The van der Waals surface area contributed by atoms with Crippen LogP contribution in [-0.4, -0.2) is 110 Å². The standard InChI is InChI=1S/C58H82N4O4/c1-7-9-11-13-15-17-19-21-23-25-39-61(3,4)41-27-37-59-55(63)47-33-29-43-45-31-35-49-54-50(36-32-46(52(45)54)44-30-34-48(56(59)64)53(47)51(43)44)58(66)60(57(49)65)38-28-42-62(5,6)40-26-24-22-20-18-16-14-12-10-8-2/h29-36H,7-28,37-42H2,1-6H3/q+2. The van der Waals surface area contributed by atoms with Gasteiger partial charge in [0.05, 0.1) is 54.4 Å². The highest BCUT2D eigenvalue weighted by Gasteiger charge is 2.37. The fourth-order valence-corrected chi connectivity index (χ4v) is 11.4. The molecule has 2 heterocycles. The van der Waals surface area contributed by atoms with Crippen LogP contribution in [0.4, 0.5) is 0 Å². The van der Waals surface area contributed by atoms with E-state index in [1.54, 1.807) is 0 Å². The van der Waals surface area contributed by atoms with Gasteiger partial charge in [-0.2, -0.15) is 0 Å². The summed E-state index contributed by atoms with van der Waals surface area (Å²) < 4.78 is 1.76. The number of benzene rings is 5. The van der Waals surface area contributed by atoms with E-state index in [0.717, 1.165) is 80.3 Å². The van der Waals surface area contributed by atoms with Gasteiger partial charge in [-0.05, 0) is 82.3 Å². The molecule has 0 unspecified atom stereocenters. The number of amides is 4. The average Bonchev–Trinajstić information content (AvgIpc) is 3.30. The molecule has 66 heavy (non-hydrogen) atoms. The van der Waals surface area contributed by atoms with E-state index >= 15 is 0 Å². The molecule has 0 bridgehead atoms. The van der Waals surface area contributed by atoms with Gasteiger partial charge < -0.3 is 8.97 Å². The van der Waals surface area contributed by atoms with Crippen molar-refractivity contribution in [3.05, 3.63) is 70.8 Å². The van der Waals surface area contributed by atoms with E-state index in [0.29, 0.717) is 46.1 Å². The average molecular weight is 899 g/mol. The van der Waals surface area contributed by atoms with Gasteiger partial charge in [0.2, 0.25) is 0 Å². The molecule has 0 spiro atoms. The van der Waals surface area contributed by atoms with Gasteiger partial charge in [-0.25, -0.2) is 0 Å². The summed E-state index contributed by atoms with van der Waals surface area (Å²) in [6, 6.07) is 15.5. The highest BCUT2D eigenvalue weighted by molar-refractivity contribution is 6.41. The van der Waals surface area contributed by atoms with E-state index in [9.17, 15) is 19.2 Å². The van der Waals surface area contributed by atoms with Crippen LogP contribution in [-0.2, 0) is 0 Å². The number of hydrogen-bond donors (Lipinski definition) is 0. The number of hydrogen-bond acceptors (Lipinski definition) is 4. The third-order valence-electron chi connectivity index (χ3n) is 15.3. The Morgan fingerprint density at radius 1 is 0.318 bits per heavy atom. The van der Waals surface area contributed by atoms with E-state index in [1.165, 1.54) is 138 Å². The first kappa shape index (κ1) is 49.5. The van der Waals surface area contributed by atoms with E-state index in [1.807, 2.05) is 48.5 Å². The summed E-state index contributed by atoms with van der Waals surface area (Å²) in [4.78, 5) is 59.8. The number of imide groups is 2. The largest absolute Gasteiger partial charge is 0.328 e. The lowest BCUT2D eigenvalue weighted by molar-refractivity contribution is -0.890. The first-order valence-corrected chi connectivity index (χ1v) is 26.5. The highest BCUT2D eigenvalue weighted by Crippen LogP contribution is 2.46. The topological polar surface area (TPSA) is 74.8 Å². The molecule has 0 fully saturated rings. The third kappa shape index (κ3) is 11.1. The number of rotatable bonds is 30. The molecule has 0 aromatic heterocycles. The Balaban J connectivity index is 0.982. The molecule has 5 aromatic carbocycles. The Hall–Kier alpha value is -4.40. The molecule has 5 aromatic rings. The maximum atomic E-state index is 14.2.